The third-order valence-electron chi connectivity index (χ3n) is 6.59. The van der Waals surface area contributed by atoms with Crippen molar-refractivity contribution in [1.82, 2.24) is 14.9 Å². The Kier molecular flexibility index (Phi) is 10.0. The first-order valence-corrected chi connectivity index (χ1v) is 14.3. The largest absolute Gasteiger partial charge is 0.497 e. The summed E-state index contributed by atoms with van der Waals surface area (Å²) in [7, 11) is 1.60. The van der Waals surface area contributed by atoms with E-state index in [2.05, 4.69) is 27.4 Å². The van der Waals surface area contributed by atoms with Gasteiger partial charge in [0.05, 0.1) is 12.9 Å². The zero-order chi connectivity index (χ0) is 27.8. The molecule has 39 heavy (non-hydrogen) atoms. The number of methoxy groups -OCH3 is 1. The predicted octanol–water partition coefficient (Wildman–Crippen LogP) is 6.24. The summed E-state index contributed by atoms with van der Waals surface area (Å²) in [5.74, 6) is 0.433. The SMILES string of the molecule is COc1ccc(NC(=O)[C@@H]([C@H]2CC=CCC2)N(Cc2ccc(Cl)cc2)C(=O)CSc2nc(C)cc(C)n2)cc1. The number of carbonyl (C=O) groups is 2. The molecule has 1 heterocycles. The molecule has 9 heteroatoms. The van der Waals surface area contributed by atoms with E-state index < -0.39 is 6.04 Å². The van der Waals surface area contributed by atoms with E-state index in [-0.39, 0.29) is 30.0 Å². The highest BCUT2D eigenvalue weighted by molar-refractivity contribution is 7.99. The summed E-state index contributed by atoms with van der Waals surface area (Å²) in [4.78, 5) is 38.4. The molecule has 1 aliphatic carbocycles. The number of hydrogen-bond donors (Lipinski definition) is 1. The zero-order valence-corrected chi connectivity index (χ0v) is 24.0. The molecule has 0 radical (unpaired) electrons. The van der Waals surface area contributed by atoms with Gasteiger partial charge in [0, 0.05) is 28.6 Å². The maximum absolute atomic E-state index is 13.9. The minimum atomic E-state index is -0.666. The van der Waals surface area contributed by atoms with Crippen molar-refractivity contribution in [1.29, 1.82) is 0 Å². The van der Waals surface area contributed by atoms with Crippen LogP contribution in [0.5, 0.6) is 5.75 Å². The summed E-state index contributed by atoms with van der Waals surface area (Å²) in [6.45, 7) is 4.10. The van der Waals surface area contributed by atoms with E-state index in [0.29, 0.717) is 21.6 Å². The van der Waals surface area contributed by atoms with Crippen molar-refractivity contribution in [2.24, 2.45) is 5.92 Å². The Morgan fingerprint density at radius 2 is 1.77 bits per heavy atom. The van der Waals surface area contributed by atoms with Gasteiger partial charge in [-0.05, 0) is 87.1 Å². The number of hydrogen-bond acceptors (Lipinski definition) is 6. The van der Waals surface area contributed by atoms with Gasteiger partial charge >= 0.3 is 0 Å². The van der Waals surface area contributed by atoms with Crippen LogP contribution in [0.2, 0.25) is 5.02 Å². The van der Waals surface area contributed by atoms with Gasteiger partial charge in [0.15, 0.2) is 5.16 Å². The molecule has 4 rings (SSSR count). The van der Waals surface area contributed by atoms with Crippen molar-refractivity contribution in [3.05, 3.63) is 88.7 Å². The van der Waals surface area contributed by atoms with Crippen molar-refractivity contribution in [2.45, 2.75) is 50.9 Å². The fourth-order valence-corrected chi connectivity index (χ4v) is 5.66. The average Bonchev–Trinajstić information content (AvgIpc) is 2.93. The third-order valence-corrected chi connectivity index (χ3v) is 7.68. The van der Waals surface area contributed by atoms with Gasteiger partial charge in [0.25, 0.3) is 0 Å². The van der Waals surface area contributed by atoms with E-state index >= 15 is 0 Å². The van der Waals surface area contributed by atoms with E-state index in [9.17, 15) is 9.59 Å². The summed E-state index contributed by atoms with van der Waals surface area (Å²) < 4.78 is 5.24. The zero-order valence-electron chi connectivity index (χ0n) is 22.4. The smallest absolute Gasteiger partial charge is 0.247 e. The second kappa shape index (κ2) is 13.6. The molecule has 0 saturated heterocycles. The van der Waals surface area contributed by atoms with E-state index in [1.54, 1.807) is 48.4 Å². The van der Waals surface area contributed by atoms with Crippen LogP contribution in [0.15, 0.2) is 71.9 Å². The van der Waals surface area contributed by atoms with Crippen LogP contribution in [0.1, 0.15) is 36.2 Å². The number of aromatic nitrogens is 2. The van der Waals surface area contributed by atoms with Crippen molar-refractivity contribution < 1.29 is 14.3 Å². The monoisotopic (exact) mass is 564 g/mol. The second-order valence-corrected chi connectivity index (χ2v) is 11.0. The van der Waals surface area contributed by atoms with Gasteiger partial charge < -0.3 is 15.0 Å². The fourth-order valence-electron chi connectivity index (χ4n) is 4.70. The van der Waals surface area contributed by atoms with Gasteiger partial charge in [-0.25, -0.2) is 9.97 Å². The Hall–Kier alpha value is -3.36. The Balaban J connectivity index is 1.63. The van der Waals surface area contributed by atoms with Gasteiger partial charge in [-0.3, -0.25) is 9.59 Å². The molecule has 0 aliphatic heterocycles. The lowest BCUT2D eigenvalue weighted by atomic mass is 9.86. The summed E-state index contributed by atoms with van der Waals surface area (Å²) in [6.07, 6.45) is 6.64. The van der Waals surface area contributed by atoms with Gasteiger partial charge in [-0.15, -0.1) is 0 Å². The molecule has 1 aliphatic rings. The Morgan fingerprint density at radius 3 is 2.38 bits per heavy atom. The quantitative estimate of drug-likeness (QED) is 0.178. The number of benzene rings is 2. The van der Waals surface area contributed by atoms with E-state index in [1.165, 1.54) is 11.8 Å². The van der Waals surface area contributed by atoms with E-state index in [4.69, 9.17) is 16.3 Å². The molecular formula is C30H33ClN4O3S. The second-order valence-electron chi connectivity index (χ2n) is 9.58. The number of anilines is 1. The minimum Gasteiger partial charge on any atom is -0.497 e. The van der Waals surface area contributed by atoms with Crippen LogP contribution in [0, 0.1) is 19.8 Å². The standard InChI is InChI=1S/C30H33ClN4O3S/c1-20-17-21(2)33-30(32-20)39-19-27(36)35(18-22-9-11-24(31)12-10-22)28(23-7-5-4-6-8-23)29(37)34-25-13-15-26(38-3)16-14-25/h4-5,9-17,23,28H,6-8,18-19H2,1-3H3,(H,34,37)/t23-,28+/m0/s1. The van der Waals surface area contributed by atoms with Crippen LogP contribution in [0.4, 0.5) is 5.69 Å². The van der Waals surface area contributed by atoms with Crippen molar-refractivity contribution in [3.63, 3.8) is 0 Å². The van der Waals surface area contributed by atoms with Crippen LogP contribution in [-0.2, 0) is 16.1 Å². The number of aryl methyl sites for hydroxylation is 2. The Labute approximate surface area is 239 Å². The van der Waals surface area contributed by atoms with Gasteiger partial charge in [-0.1, -0.05) is 47.6 Å². The maximum atomic E-state index is 13.9. The van der Waals surface area contributed by atoms with Crippen molar-refractivity contribution in [3.8, 4) is 5.75 Å². The lowest BCUT2D eigenvalue weighted by molar-refractivity contribution is -0.139. The summed E-state index contributed by atoms with van der Waals surface area (Å²) in [6, 6.07) is 15.8. The molecule has 0 fully saturated rings. The Morgan fingerprint density at radius 1 is 1.08 bits per heavy atom. The molecule has 204 valence electrons. The number of nitrogens with zero attached hydrogens (tertiary/aromatic N) is 3. The first-order valence-electron chi connectivity index (χ1n) is 12.9. The number of allylic oxidation sites excluding steroid dienone is 2. The highest BCUT2D eigenvalue weighted by atomic mass is 35.5. The number of rotatable bonds is 10. The van der Waals surface area contributed by atoms with Gasteiger partial charge in [0.2, 0.25) is 11.8 Å². The molecule has 0 saturated carbocycles. The number of nitrogens with one attached hydrogen (secondary N) is 1. The highest BCUT2D eigenvalue weighted by Crippen LogP contribution is 2.29. The lowest BCUT2D eigenvalue weighted by Gasteiger charge is -2.37. The summed E-state index contributed by atoms with van der Waals surface area (Å²) in [5, 5.41) is 4.21. The maximum Gasteiger partial charge on any atom is 0.247 e. The third kappa shape index (κ3) is 8.07. The van der Waals surface area contributed by atoms with Crippen LogP contribution >= 0.6 is 23.4 Å². The molecule has 3 aromatic rings. The minimum absolute atomic E-state index is 0.0213. The summed E-state index contributed by atoms with van der Waals surface area (Å²) >= 11 is 7.41. The number of halogens is 1. The molecule has 2 aromatic carbocycles. The Bertz CT molecular complexity index is 1290. The molecule has 7 nitrogen and oxygen atoms in total. The topological polar surface area (TPSA) is 84.4 Å². The van der Waals surface area contributed by atoms with Crippen molar-refractivity contribution >= 4 is 40.9 Å². The van der Waals surface area contributed by atoms with Gasteiger partial charge in [-0.2, -0.15) is 0 Å². The molecule has 0 unspecified atom stereocenters. The molecular weight excluding hydrogens is 532 g/mol. The molecule has 1 N–H and O–H groups in total. The fraction of sp³-hybridized carbons (Fsp3) is 0.333. The lowest BCUT2D eigenvalue weighted by Crippen LogP contribution is -2.51. The molecule has 0 bridgehead atoms. The molecule has 1 aromatic heterocycles. The molecule has 2 atom stereocenters. The van der Waals surface area contributed by atoms with Crippen LogP contribution in [-0.4, -0.2) is 45.6 Å². The first kappa shape index (κ1) is 28.6. The first-order chi connectivity index (χ1) is 18.8. The number of ether oxygens (including phenoxy) is 1. The number of amides is 2. The van der Waals surface area contributed by atoms with Crippen molar-refractivity contribution in [2.75, 3.05) is 18.2 Å². The normalized spacial score (nSPS) is 15.4. The summed E-state index contributed by atoms with van der Waals surface area (Å²) in [5.41, 5.74) is 3.24. The molecule has 0 spiro atoms. The highest BCUT2D eigenvalue weighted by Gasteiger charge is 2.36. The van der Waals surface area contributed by atoms with Crippen LogP contribution in [0.25, 0.3) is 0 Å². The van der Waals surface area contributed by atoms with E-state index in [1.807, 2.05) is 32.0 Å². The number of carbonyl (C=O) groups excluding carboxylic acids is 2. The van der Waals surface area contributed by atoms with Crippen LogP contribution in [0.3, 0.4) is 0 Å². The van der Waals surface area contributed by atoms with E-state index in [0.717, 1.165) is 36.2 Å². The predicted molar refractivity (Wildman–Crippen MR) is 156 cm³/mol. The van der Waals surface area contributed by atoms with Crippen LogP contribution < -0.4 is 10.1 Å². The molecule has 2 amide bonds. The van der Waals surface area contributed by atoms with Gasteiger partial charge in [0.1, 0.15) is 11.8 Å². The average molecular weight is 565 g/mol. The number of thioether (sulfide) groups is 1.